The standard InChI is InChI=1S/C5H12N2O.ClH/c1-3-5(6)7-4(2)8;/h5H,3,6H2,1-2H3,(H,7,8);1H. The molecule has 3 nitrogen and oxygen atoms in total. The van der Waals surface area contributed by atoms with Gasteiger partial charge in [0.1, 0.15) is 0 Å². The molecule has 9 heavy (non-hydrogen) atoms. The summed E-state index contributed by atoms with van der Waals surface area (Å²) >= 11 is 0. The topological polar surface area (TPSA) is 55.1 Å². The fourth-order valence-electron chi connectivity index (χ4n) is 0.363. The van der Waals surface area contributed by atoms with Crippen molar-refractivity contribution in [1.82, 2.24) is 5.32 Å². The van der Waals surface area contributed by atoms with Crippen LogP contribution in [0.15, 0.2) is 0 Å². The van der Waals surface area contributed by atoms with Crippen LogP contribution in [0, 0.1) is 0 Å². The lowest BCUT2D eigenvalue weighted by molar-refractivity contribution is -0.119. The van der Waals surface area contributed by atoms with Crippen molar-refractivity contribution >= 4 is 18.3 Å². The van der Waals surface area contributed by atoms with E-state index in [9.17, 15) is 4.79 Å². The molecule has 0 radical (unpaired) electrons. The molecular weight excluding hydrogens is 140 g/mol. The molecule has 1 amide bonds. The summed E-state index contributed by atoms with van der Waals surface area (Å²) in [5.41, 5.74) is 5.34. The van der Waals surface area contributed by atoms with Crippen molar-refractivity contribution in [1.29, 1.82) is 0 Å². The van der Waals surface area contributed by atoms with Gasteiger partial charge in [-0.25, -0.2) is 0 Å². The van der Waals surface area contributed by atoms with Gasteiger partial charge < -0.3 is 11.1 Å². The maximum Gasteiger partial charge on any atom is 0.218 e. The molecule has 0 aromatic rings. The summed E-state index contributed by atoms with van der Waals surface area (Å²) < 4.78 is 0. The van der Waals surface area contributed by atoms with Crippen molar-refractivity contribution in [3.63, 3.8) is 0 Å². The van der Waals surface area contributed by atoms with Gasteiger partial charge in [0.25, 0.3) is 0 Å². The maximum absolute atomic E-state index is 10.2. The lowest BCUT2D eigenvalue weighted by atomic mass is 10.4. The normalized spacial score (nSPS) is 11.4. The van der Waals surface area contributed by atoms with Crippen LogP contribution in [0.2, 0.25) is 0 Å². The number of hydrogen-bond acceptors (Lipinski definition) is 2. The summed E-state index contributed by atoms with van der Waals surface area (Å²) in [4.78, 5) is 10.2. The molecule has 0 rings (SSSR count). The van der Waals surface area contributed by atoms with Crippen LogP contribution in [0.25, 0.3) is 0 Å². The van der Waals surface area contributed by atoms with E-state index in [4.69, 9.17) is 5.73 Å². The SMILES string of the molecule is CCC(N)NC(C)=O.Cl. The third kappa shape index (κ3) is 7.72. The molecule has 3 N–H and O–H groups in total. The Kier molecular flexibility index (Phi) is 7.48. The van der Waals surface area contributed by atoms with Crippen LogP contribution in [-0.4, -0.2) is 12.1 Å². The molecule has 0 aliphatic heterocycles. The summed E-state index contributed by atoms with van der Waals surface area (Å²) in [6, 6.07) is 0. The third-order valence-corrected chi connectivity index (χ3v) is 0.828. The first kappa shape index (κ1) is 11.5. The van der Waals surface area contributed by atoms with Gasteiger partial charge in [0.15, 0.2) is 0 Å². The van der Waals surface area contributed by atoms with Gasteiger partial charge in [-0.3, -0.25) is 4.79 Å². The summed E-state index contributed by atoms with van der Waals surface area (Å²) in [6.45, 7) is 3.37. The lowest BCUT2D eigenvalue weighted by Crippen LogP contribution is -2.39. The number of amides is 1. The first-order chi connectivity index (χ1) is 3.66. The van der Waals surface area contributed by atoms with E-state index in [1.807, 2.05) is 6.92 Å². The Bertz CT molecular complexity index is 87.0. The van der Waals surface area contributed by atoms with Gasteiger partial charge in [-0.15, -0.1) is 12.4 Å². The van der Waals surface area contributed by atoms with Crippen LogP contribution in [0.3, 0.4) is 0 Å². The van der Waals surface area contributed by atoms with Gasteiger partial charge in [-0.1, -0.05) is 6.92 Å². The van der Waals surface area contributed by atoms with Crippen LogP contribution in [-0.2, 0) is 4.79 Å². The van der Waals surface area contributed by atoms with Crippen LogP contribution in [0.4, 0.5) is 0 Å². The molecule has 4 heteroatoms. The van der Waals surface area contributed by atoms with Gasteiger partial charge in [-0.2, -0.15) is 0 Å². The minimum Gasteiger partial charge on any atom is -0.341 e. The molecule has 56 valence electrons. The van der Waals surface area contributed by atoms with E-state index < -0.39 is 0 Å². The molecule has 0 bridgehead atoms. The minimum absolute atomic E-state index is 0. The second kappa shape index (κ2) is 5.85. The fraction of sp³-hybridized carbons (Fsp3) is 0.800. The zero-order valence-electron chi connectivity index (χ0n) is 5.68. The third-order valence-electron chi connectivity index (χ3n) is 0.828. The molecule has 1 atom stereocenters. The first-order valence-electron chi connectivity index (χ1n) is 2.69. The van der Waals surface area contributed by atoms with Crippen molar-refractivity contribution < 1.29 is 4.79 Å². The Morgan fingerprint density at radius 2 is 2.22 bits per heavy atom. The zero-order valence-corrected chi connectivity index (χ0v) is 6.49. The van der Waals surface area contributed by atoms with E-state index in [1.54, 1.807) is 0 Å². The zero-order chi connectivity index (χ0) is 6.57. The van der Waals surface area contributed by atoms with Gasteiger partial charge in [0, 0.05) is 6.92 Å². The smallest absolute Gasteiger partial charge is 0.218 e. The van der Waals surface area contributed by atoms with Crippen LogP contribution >= 0.6 is 12.4 Å². The molecular formula is C5H13ClN2O. The van der Waals surface area contributed by atoms with Gasteiger partial charge in [-0.05, 0) is 6.42 Å². The van der Waals surface area contributed by atoms with Gasteiger partial charge in [0.05, 0.1) is 6.17 Å². The molecule has 0 aromatic carbocycles. The number of nitrogens with two attached hydrogens (primary N) is 1. The molecule has 0 spiro atoms. The van der Waals surface area contributed by atoms with Crippen molar-refractivity contribution in [3.05, 3.63) is 0 Å². The molecule has 0 saturated heterocycles. The first-order valence-corrected chi connectivity index (χ1v) is 2.69. The fourth-order valence-corrected chi connectivity index (χ4v) is 0.363. The van der Waals surface area contributed by atoms with E-state index in [-0.39, 0.29) is 24.5 Å². The highest BCUT2D eigenvalue weighted by Crippen LogP contribution is 1.77. The van der Waals surface area contributed by atoms with Crippen LogP contribution < -0.4 is 11.1 Å². The van der Waals surface area contributed by atoms with Gasteiger partial charge >= 0.3 is 0 Å². The van der Waals surface area contributed by atoms with Crippen molar-refractivity contribution in [2.45, 2.75) is 26.4 Å². The second-order valence-corrected chi connectivity index (χ2v) is 1.72. The quantitative estimate of drug-likeness (QED) is 0.557. The largest absolute Gasteiger partial charge is 0.341 e. The molecule has 0 aromatic heterocycles. The molecule has 0 fully saturated rings. The molecule has 0 heterocycles. The van der Waals surface area contributed by atoms with E-state index in [0.29, 0.717) is 0 Å². The monoisotopic (exact) mass is 152 g/mol. The molecule has 0 saturated carbocycles. The average molecular weight is 153 g/mol. The Hall–Kier alpha value is -0.280. The second-order valence-electron chi connectivity index (χ2n) is 1.72. The molecule has 0 aliphatic carbocycles. The number of carbonyl (C=O) groups is 1. The molecule has 0 aliphatic rings. The highest BCUT2D eigenvalue weighted by molar-refractivity contribution is 5.85. The maximum atomic E-state index is 10.2. The van der Waals surface area contributed by atoms with E-state index in [1.165, 1.54) is 6.92 Å². The van der Waals surface area contributed by atoms with Crippen molar-refractivity contribution in [3.8, 4) is 0 Å². The highest BCUT2D eigenvalue weighted by atomic mass is 35.5. The van der Waals surface area contributed by atoms with Crippen molar-refractivity contribution in [2.75, 3.05) is 0 Å². The summed E-state index contributed by atoms with van der Waals surface area (Å²) in [5, 5.41) is 2.53. The minimum atomic E-state index is -0.174. The number of hydrogen-bond donors (Lipinski definition) is 2. The number of halogens is 1. The van der Waals surface area contributed by atoms with Gasteiger partial charge in [0.2, 0.25) is 5.91 Å². The average Bonchev–Trinajstić information content (AvgIpc) is 1.65. The summed E-state index contributed by atoms with van der Waals surface area (Å²) in [7, 11) is 0. The summed E-state index contributed by atoms with van der Waals surface area (Å²) in [5.74, 6) is -0.0700. The van der Waals surface area contributed by atoms with E-state index in [2.05, 4.69) is 5.32 Å². The Morgan fingerprint density at radius 3 is 2.33 bits per heavy atom. The Morgan fingerprint density at radius 1 is 1.78 bits per heavy atom. The lowest BCUT2D eigenvalue weighted by Gasteiger charge is -2.07. The Labute approximate surface area is 61.4 Å². The van der Waals surface area contributed by atoms with E-state index in [0.717, 1.165) is 6.42 Å². The number of rotatable bonds is 2. The molecule has 1 unspecified atom stereocenters. The Balaban J connectivity index is 0. The number of nitrogens with one attached hydrogen (secondary N) is 1. The highest BCUT2D eigenvalue weighted by Gasteiger charge is 1.96. The van der Waals surface area contributed by atoms with Crippen molar-refractivity contribution in [2.24, 2.45) is 5.73 Å². The van der Waals surface area contributed by atoms with Crippen LogP contribution in [0.5, 0.6) is 0 Å². The predicted octanol–water partition coefficient (Wildman–Crippen LogP) is 0.239. The van der Waals surface area contributed by atoms with Crippen LogP contribution in [0.1, 0.15) is 20.3 Å². The summed E-state index contributed by atoms with van der Waals surface area (Å²) in [6.07, 6.45) is 0.604. The van der Waals surface area contributed by atoms with E-state index >= 15 is 0 Å². The number of carbonyl (C=O) groups excluding carboxylic acids is 1. The predicted molar refractivity (Wildman–Crippen MR) is 39.3 cm³/mol.